The van der Waals surface area contributed by atoms with Crippen LogP contribution in [0.2, 0.25) is 0 Å². The van der Waals surface area contributed by atoms with Crippen LogP contribution in [0.3, 0.4) is 0 Å². The van der Waals surface area contributed by atoms with Crippen molar-refractivity contribution in [2.75, 3.05) is 16.8 Å². The average Bonchev–Trinajstić information content (AvgIpc) is 3.62. The van der Waals surface area contributed by atoms with Crippen molar-refractivity contribution < 1.29 is 24.2 Å². The Morgan fingerprint density at radius 2 is 1.59 bits per heavy atom. The number of aryl methyl sites for hydroxylation is 1. The molecule has 1 fully saturated rings. The first-order valence-electron chi connectivity index (χ1n) is 18.4. The number of nitrogen functional groups attached to an aromatic ring is 1. The summed E-state index contributed by atoms with van der Waals surface area (Å²) >= 11 is 1.61. The normalized spacial score (nSPS) is 16.9. The smallest absolute Gasteiger partial charge is 0.224 e. The van der Waals surface area contributed by atoms with E-state index in [1.165, 1.54) is 0 Å². The van der Waals surface area contributed by atoms with Crippen molar-refractivity contribution >= 4 is 35.0 Å². The highest BCUT2D eigenvalue weighted by Gasteiger charge is 2.32. The summed E-state index contributed by atoms with van der Waals surface area (Å²) in [7, 11) is 1.93. The first kappa shape index (κ1) is 38.7. The number of anilines is 2. The predicted octanol–water partition coefficient (Wildman–Crippen LogP) is 7.49. The second-order valence-corrected chi connectivity index (χ2v) is 14.5. The molecule has 0 spiro atoms. The highest BCUT2D eigenvalue weighted by Crippen LogP contribution is 2.40. The van der Waals surface area contributed by atoms with Crippen LogP contribution in [0.25, 0.3) is 11.1 Å². The standard InChI is InChI=1S/C42H48N6O5S/c1-48-28-45-47-42(48)54-27-35-24-38(31-20-18-29(26-49)19-21-31)53-41(52-35)34-13-9-12-33(23-34)32-11-8-10-30(22-32)25-44-39(50)16-4-2-3-5-17-40(51)46-37-15-7-6-14-36(37)43/h6-15,18-23,28,35,38,41,49H,2-5,16-17,24-27,43H2,1H3,(H,44,50)(H,46,51). The number of hydrogen-bond acceptors (Lipinski definition) is 9. The Kier molecular flexibility index (Phi) is 13.9. The zero-order chi connectivity index (χ0) is 37.7. The summed E-state index contributed by atoms with van der Waals surface area (Å²) in [5.74, 6) is 0.650. The Bertz CT molecular complexity index is 1990. The molecule has 6 rings (SSSR count). The van der Waals surface area contributed by atoms with Gasteiger partial charge < -0.3 is 35.5 Å². The fourth-order valence-electron chi connectivity index (χ4n) is 6.36. The van der Waals surface area contributed by atoms with Crippen LogP contribution in [-0.4, -0.2) is 43.5 Å². The minimum atomic E-state index is -0.584. The highest BCUT2D eigenvalue weighted by atomic mass is 32.2. The Morgan fingerprint density at radius 1 is 0.852 bits per heavy atom. The molecule has 0 aliphatic carbocycles. The summed E-state index contributed by atoms with van der Waals surface area (Å²) in [5, 5.41) is 24.5. The lowest BCUT2D eigenvalue weighted by Gasteiger charge is -2.36. The molecule has 1 aliphatic rings. The minimum absolute atomic E-state index is 0.00811. The van der Waals surface area contributed by atoms with E-state index >= 15 is 0 Å². The monoisotopic (exact) mass is 748 g/mol. The molecule has 282 valence electrons. The van der Waals surface area contributed by atoms with E-state index in [1.807, 2.05) is 72.3 Å². The fourth-order valence-corrected chi connectivity index (χ4v) is 7.26. The molecule has 2 amide bonds. The van der Waals surface area contributed by atoms with E-state index in [9.17, 15) is 14.7 Å². The molecule has 54 heavy (non-hydrogen) atoms. The minimum Gasteiger partial charge on any atom is -0.397 e. The van der Waals surface area contributed by atoms with Gasteiger partial charge in [0.05, 0.1) is 30.2 Å². The summed E-state index contributed by atoms with van der Waals surface area (Å²) in [6.45, 7) is 0.428. The summed E-state index contributed by atoms with van der Waals surface area (Å²) in [4.78, 5) is 24.9. The number of nitrogens with two attached hydrogens (primary N) is 1. The van der Waals surface area contributed by atoms with Gasteiger partial charge in [0.25, 0.3) is 0 Å². The molecule has 0 radical (unpaired) electrons. The van der Waals surface area contributed by atoms with E-state index in [0.29, 0.717) is 42.9 Å². The number of aliphatic hydroxyl groups excluding tert-OH is 1. The number of unbranched alkanes of at least 4 members (excludes halogenated alkanes) is 3. The number of benzene rings is 4. The van der Waals surface area contributed by atoms with Gasteiger partial charge in [0, 0.05) is 44.2 Å². The van der Waals surface area contributed by atoms with Crippen molar-refractivity contribution in [3.63, 3.8) is 0 Å². The maximum absolute atomic E-state index is 12.6. The van der Waals surface area contributed by atoms with Crippen LogP contribution in [0.4, 0.5) is 11.4 Å². The second-order valence-electron chi connectivity index (χ2n) is 13.5. The number of aromatic nitrogens is 3. The van der Waals surface area contributed by atoms with Gasteiger partial charge in [-0.05, 0) is 64.9 Å². The third kappa shape index (κ3) is 11.0. The Balaban J connectivity index is 1.00. The van der Waals surface area contributed by atoms with Gasteiger partial charge >= 0.3 is 0 Å². The number of thioether (sulfide) groups is 1. The topological polar surface area (TPSA) is 154 Å². The van der Waals surface area contributed by atoms with Crippen molar-refractivity contribution in [3.05, 3.63) is 126 Å². The van der Waals surface area contributed by atoms with Gasteiger partial charge in [0.1, 0.15) is 6.33 Å². The third-order valence-corrected chi connectivity index (χ3v) is 10.6. The number of carbonyl (C=O) groups is 2. The largest absolute Gasteiger partial charge is 0.397 e. The fraction of sp³-hybridized carbons (Fsp3) is 0.333. The van der Waals surface area contributed by atoms with Gasteiger partial charge in [-0.15, -0.1) is 10.2 Å². The van der Waals surface area contributed by atoms with Crippen molar-refractivity contribution in [1.29, 1.82) is 0 Å². The molecule has 3 unspecified atom stereocenters. The molecule has 1 aromatic heterocycles. The molecule has 3 atom stereocenters. The van der Waals surface area contributed by atoms with Gasteiger partial charge in [-0.2, -0.15) is 0 Å². The van der Waals surface area contributed by atoms with E-state index in [2.05, 4.69) is 45.1 Å². The summed E-state index contributed by atoms with van der Waals surface area (Å²) in [6, 6.07) is 31.5. The van der Waals surface area contributed by atoms with E-state index in [-0.39, 0.29) is 30.6 Å². The quantitative estimate of drug-likeness (QED) is 0.0430. The number of rotatable bonds is 17. The molecular formula is C42H48N6O5S. The van der Waals surface area contributed by atoms with Crippen LogP contribution in [-0.2, 0) is 39.3 Å². The molecule has 0 bridgehead atoms. The molecule has 5 N–H and O–H groups in total. The van der Waals surface area contributed by atoms with E-state index < -0.39 is 6.29 Å². The Labute approximate surface area is 320 Å². The van der Waals surface area contributed by atoms with Gasteiger partial charge in [-0.1, -0.05) is 97.4 Å². The molecule has 2 heterocycles. The number of ether oxygens (including phenoxy) is 2. The number of hydrogen-bond donors (Lipinski definition) is 4. The van der Waals surface area contributed by atoms with Crippen LogP contribution in [0, 0.1) is 0 Å². The van der Waals surface area contributed by atoms with Crippen LogP contribution < -0.4 is 16.4 Å². The van der Waals surface area contributed by atoms with Crippen LogP contribution >= 0.6 is 11.8 Å². The van der Waals surface area contributed by atoms with Crippen LogP contribution in [0.15, 0.2) is 109 Å². The molecular weight excluding hydrogens is 701 g/mol. The van der Waals surface area contributed by atoms with Gasteiger partial charge in [0.15, 0.2) is 11.4 Å². The molecule has 12 heteroatoms. The zero-order valence-electron chi connectivity index (χ0n) is 30.5. The lowest BCUT2D eigenvalue weighted by atomic mass is 9.99. The first-order valence-corrected chi connectivity index (χ1v) is 19.4. The Morgan fingerprint density at radius 3 is 2.33 bits per heavy atom. The number of para-hydroxylation sites is 2. The molecule has 5 aromatic rings. The first-order chi connectivity index (χ1) is 26.3. The number of carbonyl (C=O) groups excluding carboxylic acids is 2. The second kappa shape index (κ2) is 19.4. The van der Waals surface area contributed by atoms with Crippen molar-refractivity contribution in [2.24, 2.45) is 7.05 Å². The van der Waals surface area contributed by atoms with Gasteiger partial charge in [-0.3, -0.25) is 9.59 Å². The molecule has 0 saturated carbocycles. The van der Waals surface area contributed by atoms with Gasteiger partial charge in [-0.25, -0.2) is 0 Å². The van der Waals surface area contributed by atoms with E-state index in [4.69, 9.17) is 15.2 Å². The third-order valence-electron chi connectivity index (χ3n) is 9.38. The summed E-state index contributed by atoms with van der Waals surface area (Å²) < 4.78 is 15.1. The summed E-state index contributed by atoms with van der Waals surface area (Å²) in [5.41, 5.74) is 13.0. The number of amides is 2. The molecule has 1 aliphatic heterocycles. The van der Waals surface area contributed by atoms with Crippen molar-refractivity contribution in [1.82, 2.24) is 20.1 Å². The van der Waals surface area contributed by atoms with E-state index in [0.717, 1.165) is 64.2 Å². The number of aliphatic hydroxyl groups is 1. The summed E-state index contributed by atoms with van der Waals surface area (Å²) in [6.07, 6.45) is 5.65. The van der Waals surface area contributed by atoms with Crippen molar-refractivity contribution in [2.45, 2.75) is 81.8 Å². The Hall–Kier alpha value is -5.01. The SMILES string of the molecule is Cn1cnnc1SCC1CC(c2ccc(CO)cc2)OC(c2cccc(-c3cccc(CNC(=O)CCCCCCC(=O)Nc4ccccc4N)c3)c2)O1. The number of nitrogens with one attached hydrogen (secondary N) is 2. The van der Waals surface area contributed by atoms with E-state index in [1.54, 1.807) is 30.2 Å². The van der Waals surface area contributed by atoms with Crippen LogP contribution in [0.1, 0.15) is 79.6 Å². The average molecular weight is 749 g/mol. The van der Waals surface area contributed by atoms with Crippen molar-refractivity contribution in [3.8, 4) is 11.1 Å². The molecule has 4 aromatic carbocycles. The lowest BCUT2D eigenvalue weighted by molar-refractivity contribution is -0.245. The zero-order valence-corrected chi connectivity index (χ0v) is 31.3. The van der Waals surface area contributed by atoms with Crippen LogP contribution in [0.5, 0.6) is 0 Å². The maximum atomic E-state index is 12.6. The number of nitrogens with zero attached hydrogens (tertiary/aromatic N) is 3. The lowest BCUT2D eigenvalue weighted by Crippen LogP contribution is -2.31. The molecule has 1 saturated heterocycles. The maximum Gasteiger partial charge on any atom is 0.224 e. The highest BCUT2D eigenvalue weighted by molar-refractivity contribution is 7.99. The predicted molar refractivity (Wildman–Crippen MR) is 211 cm³/mol. The molecule has 11 nitrogen and oxygen atoms in total. The van der Waals surface area contributed by atoms with Gasteiger partial charge in [0.2, 0.25) is 11.8 Å².